The van der Waals surface area contributed by atoms with E-state index in [9.17, 15) is 0 Å². The zero-order valence-corrected chi connectivity index (χ0v) is 18.9. The van der Waals surface area contributed by atoms with Crippen LogP contribution in [0, 0.1) is 6.92 Å². The number of fused-ring (bicyclic) bond motifs is 1. The molecule has 0 amide bonds. The van der Waals surface area contributed by atoms with Crippen LogP contribution < -0.4 is 0 Å². The van der Waals surface area contributed by atoms with Crippen LogP contribution in [0.1, 0.15) is 35.0 Å². The highest BCUT2D eigenvalue weighted by molar-refractivity contribution is 6.34. The Morgan fingerprint density at radius 1 is 0.781 bits per heavy atom. The Morgan fingerprint density at radius 2 is 1.25 bits per heavy atom. The standard InChI is InChI=1S/C28H24ClN3/c1-3-24-26-25(19-20(2)30-27(26)29)32(31-24)28(21-13-7-4-8-14-21,22-15-9-5-10-16-22)23-17-11-6-12-18-23/h4-19H,3H2,1-2H3. The van der Waals surface area contributed by atoms with Gasteiger partial charge in [-0.2, -0.15) is 5.10 Å². The van der Waals surface area contributed by atoms with Gasteiger partial charge in [-0.3, -0.25) is 0 Å². The van der Waals surface area contributed by atoms with Crippen molar-refractivity contribution in [3.05, 3.63) is 130 Å². The van der Waals surface area contributed by atoms with Crippen molar-refractivity contribution < 1.29 is 0 Å². The second-order valence-corrected chi connectivity index (χ2v) is 8.33. The van der Waals surface area contributed by atoms with Crippen LogP contribution in [-0.4, -0.2) is 14.8 Å². The van der Waals surface area contributed by atoms with Gasteiger partial charge in [0.25, 0.3) is 0 Å². The van der Waals surface area contributed by atoms with Crippen LogP contribution in [0.4, 0.5) is 0 Å². The molecule has 0 atom stereocenters. The normalized spacial score (nSPS) is 11.7. The summed E-state index contributed by atoms with van der Waals surface area (Å²) in [6, 6.07) is 33.8. The summed E-state index contributed by atoms with van der Waals surface area (Å²) in [7, 11) is 0. The highest BCUT2D eigenvalue weighted by Crippen LogP contribution is 2.43. The largest absolute Gasteiger partial charge is 0.245 e. The number of aromatic nitrogens is 3. The molecule has 3 nitrogen and oxygen atoms in total. The molecule has 3 aromatic carbocycles. The van der Waals surface area contributed by atoms with Gasteiger partial charge in [-0.05, 0) is 36.1 Å². The third kappa shape index (κ3) is 3.12. The molecule has 4 heteroatoms. The molecule has 0 saturated carbocycles. The molecule has 5 rings (SSSR count). The minimum Gasteiger partial charge on any atom is -0.245 e. The Hall–Kier alpha value is -3.43. The van der Waals surface area contributed by atoms with Crippen molar-refractivity contribution in [3.63, 3.8) is 0 Å². The molecule has 2 heterocycles. The molecule has 0 aliphatic carbocycles. The molecule has 32 heavy (non-hydrogen) atoms. The van der Waals surface area contributed by atoms with E-state index in [2.05, 4.69) is 95.5 Å². The first-order valence-electron chi connectivity index (χ1n) is 10.9. The van der Waals surface area contributed by atoms with E-state index < -0.39 is 5.54 Å². The molecule has 0 spiro atoms. The smallest absolute Gasteiger partial charge is 0.140 e. The summed E-state index contributed by atoms with van der Waals surface area (Å²) < 4.78 is 2.15. The maximum atomic E-state index is 6.68. The van der Waals surface area contributed by atoms with Crippen LogP contribution in [0.3, 0.4) is 0 Å². The molecular formula is C28H24ClN3. The van der Waals surface area contributed by atoms with Gasteiger partial charge in [0, 0.05) is 5.69 Å². The quantitative estimate of drug-likeness (QED) is 0.223. The number of nitrogens with zero attached hydrogens (tertiary/aromatic N) is 3. The zero-order chi connectivity index (χ0) is 22.1. The summed E-state index contributed by atoms with van der Waals surface area (Å²) in [4.78, 5) is 4.54. The Balaban J connectivity index is 2.01. The number of rotatable bonds is 5. The molecule has 0 fully saturated rings. The lowest BCUT2D eigenvalue weighted by atomic mass is 9.77. The van der Waals surface area contributed by atoms with Crippen molar-refractivity contribution >= 4 is 22.5 Å². The van der Waals surface area contributed by atoms with Crippen molar-refractivity contribution in [2.75, 3.05) is 0 Å². The lowest BCUT2D eigenvalue weighted by Gasteiger charge is -2.37. The number of pyridine rings is 1. The number of hydrogen-bond acceptors (Lipinski definition) is 2. The minimum atomic E-state index is -0.674. The minimum absolute atomic E-state index is 0.506. The van der Waals surface area contributed by atoms with E-state index >= 15 is 0 Å². The van der Waals surface area contributed by atoms with Gasteiger partial charge in [0.1, 0.15) is 10.7 Å². The predicted octanol–water partition coefficient (Wildman–Crippen LogP) is 6.80. The van der Waals surface area contributed by atoms with E-state index in [1.807, 2.05) is 25.1 Å². The predicted molar refractivity (Wildman–Crippen MR) is 131 cm³/mol. The SMILES string of the molecule is CCc1nn(C(c2ccccc2)(c2ccccc2)c2ccccc2)c2cc(C)nc(Cl)c12. The van der Waals surface area contributed by atoms with Crippen LogP contribution in [0.5, 0.6) is 0 Å². The van der Waals surface area contributed by atoms with E-state index in [-0.39, 0.29) is 0 Å². The summed E-state index contributed by atoms with van der Waals surface area (Å²) in [6.45, 7) is 4.08. The summed E-state index contributed by atoms with van der Waals surface area (Å²) in [5, 5.41) is 6.63. The van der Waals surface area contributed by atoms with Crippen LogP contribution in [0.2, 0.25) is 5.15 Å². The molecule has 0 aliphatic heterocycles. The zero-order valence-electron chi connectivity index (χ0n) is 18.2. The Labute approximate surface area is 193 Å². The van der Waals surface area contributed by atoms with Gasteiger partial charge < -0.3 is 0 Å². The van der Waals surface area contributed by atoms with E-state index in [4.69, 9.17) is 16.7 Å². The van der Waals surface area contributed by atoms with Crippen LogP contribution in [0.15, 0.2) is 97.1 Å². The van der Waals surface area contributed by atoms with Gasteiger partial charge in [0.05, 0.1) is 16.6 Å². The van der Waals surface area contributed by atoms with E-state index in [1.54, 1.807) is 0 Å². The van der Waals surface area contributed by atoms with Gasteiger partial charge in [-0.1, -0.05) is 110 Å². The molecule has 2 aromatic heterocycles. The summed E-state index contributed by atoms with van der Waals surface area (Å²) in [6.07, 6.45) is 0.766. The molecule has 0 N–H and O–H groups in total. The number of halogens is 1. The average Bonchev–Trinajstić information content (AvgIpc) is 3.21. The lowest BCUT2D eigenvalue weighted by molar-refractivity contribution is 0.471. The van der Waals surface area contributed by atoms with Gasteiger partial charge in [0.15, 0.2) is 0 Å². The molecule has 0 bridgehead atoms. The number of hydrogen-bond donors (Lipinski definition) is 0. The first-order valence-corrected chi connectivity index (χ1v) is 11.3. The number of benzene rings is 3. The molecule has 0 unspecified atom stereocenters. The van der Waals surface area contributed by atoms with E-state index in [0.717, 1.165) is 45.4 Å². The van der Waals surface area contributed by atoms with Crippen LogP contribution in [-0.2, 0) is 12.0 Å². The fraction of sp³-hybridized carbons (Fsp3) is 0.143. The van der Waals surface area contributed by atoms with Crippen LogP contribution >= 0.6 is 11.6 Å². The monoisotopic (exact) mass is 437 g/mol. The van der Waals surface area contributed by atoms with Crippen LogP contribution in [0.25, 0.3) is 10.9 Å². The summed E-state index contributed by atoms with van der Waals surface area (Å²) in [5.41, 5.74) is 5.53. The molecule has 0 saturated heterocycles. The Kier molecular flexibility index (Phi) is 5.28. The van der Waals surface area contributed by atoms with Crippen molar-refractivity contribution in [2.45, 2.75) is 25.8 Å². The first kappa shape index (κ1) is 20.5. The second kappa shape index (κ2) is 8.25. The van der Waals surface area contributed by atoms with Crippen molar-refractivity contribution in [1.82, 2.24) is 14.8 Å². The van der Waals surface area contributed by atoms with Gasteiger partial charge in [-0.15, -0.1) is 0 Å². The third-order valence-electron chi connectivity index (χ3n) is 6.05. The van der Waals surface area contributed by atoms with Gasteiger partial charge in [0.2, 0.25) is 0 Å². The second-order valence-electron chi connectivity index (χ2n) is 7.97. The number of aryl methyl sites for hydroxylation is 2. The molecule has 0 radical (unpaired) electrons. The molecule has 158 valence electrons. The maximum Gasteiger partial charge on any atom is 0.140 e. The van der Waals surface area contributed by atoms with Gasteiger partial charge >= 0.3 is 0 Å². The van der Waals surface area contributed by atoms with E-state index in [0.29, 0.717) is 5.15 Å². The van der Waals surface area contributed by atoms with Crippen molar-refractivity contribution in [1.29, 1.82) is 0 Å². The molecule has 5 aromatic rings. The maximum absolute atomic E-state index is 6.68. The van der Waals surface area contributed by atoms with Gasteiger partial charge in [-0.25, -0.2) is 9.67 Å². The average molecular weight is 438 g/mol. The molecular weight excluding hydrogens is 414 g/mol. The summed E-state index contributed by atoms with van der Waals surface area (Å²) in [5.74, 6) is 0. The summed E-state index contributed by atoms with van der Waals surface area (Å²) >= 11 is 6.68. The lowest BCUT2D eigenvalue weighted by Crippen LogP contribution is -2.38. The Bertz CT molecular complexity index is 1260. The fourth-order valence-electron chi connectivity index (χ4n) is 4.69. The highest BCUT2D eigenvalue weighted by Gasteiger charge is 2.41. The molecule has 0 aliphatic rings. The van der Waals surface area contributed by atoms with Crippen molar-refractivity contribution in [2.24, 2.45) is 0 Å². The van der Waals surface area contributed by atoms with Crippen molar-refractivity contribution in [3.8, 4) is 0 Å². The van der Waals surface area contributed by atoms with E-state index in [1.165, 1.54) is 0 Å². The topological polar surface area (TPSA) is 30.7 Å². The first-order chi connectivity index (χ1) is 15.7. The fourth-order valence-corrected chi connectivity index (χ4v) is 5.02. The Morgan fingerprint density at radius 3 is 1.69 bits per heavy atom. The third-order valence-corrected chi connectivity index (χ3v) is 6.32. The highest BCUT2D eigenvalue weighted by atomic mass is 35.5.